The summed E-state index contributed by atoms with van der Waals surface area (Å²) in [5, 5.41) is 8.76. The molecule has 0 N–H and O–H groups in total. The van der Waals surface area contributed by atoms with Crippen LogP contribution in [0.4, 0.5) is 9.18 Å². The van der Waals surface area contributed by atoms with E-state index < -0.39 is 17.0 Å². The zero-order valence-electron chi connectivity index (χ0n) is 15.0. The van der Waals surface area contributed by atoms with Gasteiger partial charge in [-0.15, -0.1) is 0 Å². The van der Waals surface area contributed by atoms with E-state index in [0.717, 1.165) is 16.7 Å². The van der Waals surface area contributed by atoms with Crippen LogP contribution in [-0.4, -0.2) is 16.0 Å². The summed E-state index contributed by atoms with van der Waals surface area (Å²) in [5.41, 5.74) is 1.38. The summed E-state index contributed by atoms with van der Waals surface area (Å²) in [7, 11) is 0. The van der Waals surface area contributed by atoms with Gasteiger partial charge in [-0.1, -0.05) is 30.3 Å². The number of amides is 2. The van der Waals surface area contributed by atoms with E-state index in [4.69, 9.17) is 4.42 Å². The first kappa shape index (κ1) is 18.7. The summed E-state index contributed by atoms with van der Waals surface area (Å²) in [5.74, 6) is -0.107. The maximum Gasteiger partial charge on any atom is 0.293 e. The first-order valence-electron chi connectivity index (χ1n) is 8.65. The van der Waals surface area contributed by atoms with Gasteiger partial charge in [0.25, 0.3) is 11.1 Å². The number of nitriles is 1. The number of imide groups is 1. The van der Waals surface area contributed by atoms with Gasteiger partial charge in [-0.25, -0.2) is 4.39 Å². The summed E-state index contributed by atoms with van der Waals surface area (Å²) in [6, 6.07) is 18.5. The first-order valence-corrected chi connectivity index (χ1v) is 9.46. The predicted octanol–water partition coefficient (Wildman–Crippen LogP) is 5.19. The second-order valence-corrected chi connectivity index (χ2v) is 7.21. The molecule has 29 heavy (non-hydrogen) atoms. The Morgan fingerprint density at radius 1 is 1.07 bits per heavy atom. The van der Waals surface area contributed by atoms with E-state index in [0.29, 0.717) is 22.6 Å². The van der Waals surface area contributed by atoms with E-state index >= 15 is 0 Å². The minimum absolute atomic E-state index is 0.131. The molecule has 4 rings (SSSR count). The van der Waals surface area contributed by atoms with Crippen LogP contribution < -0.4 is 0 Å². The van der Waals surface area contributed by atoms with Gasteiger partial charge in [-0.2, -0.15) is 5.26 Å². The van der Waals surface area contributed by atoms with Crippen molar-refractivity contribution in [3.05, 3.63) is 88.3 Å². The molecular weight excluding hydrogens is 391 g/mol. The fraction of sp³-hybridized carbons (Fsp3) is 0.0455. The molecule has 1 saturated heterocycles. The number of furan rings is 1. The van der Waals surface area contributed by atoms with Crippen LogP contribution >= 0.6 is 11.8 Å². The minimum atomic E-state index is -0.501. The van der Waals surface area contributed by atoms with E-state index in [1.165, 1.54) is 18.2 Å². The number of benzene rings is 2. The Hall–Kier alpha value is -3.63. The molecule has 5 nitrogen and oxygen atoms in total. The third-order valence-electron chi connectivity index (χ3n) is 4.37. The topological polar surface area (TPSA) is 74.3 Å². The molecule has 7 heteroatoms. The molecule has 0 aliphatic carbocycles. The van der Waals surface area contributed by atoms with Crippen molar-refractivity contribution < 1.29 is 18.4 Å². The molecule has 142 valence electrons. The van der Waals surface area contributed by atoms with Gasteiger partial charge in [0.15, 0.2) is 0 Å². The van der Waals surface area contributed by atoms with Gasteiger partial charge >= 0.3 is 0 Å². The lowest BCUT2D eigenvalue weighted by atomic mass is 10.1. The Kier molecular flexibility index (Phi) is 5.02. The van der Waals surface area contributed by atoms with Crippen molar-refractivity contribution in [1.29, 1.82) is 5.26 Å². The van der Waals surface area contributed by atoms with Gasteiger partial charge < -0.3 is 4.42 Å². The van der Waals surface area contributed by atoms with E-state index in [9.17, 15) is 19.2 Å². The smallest absolute Gasteiger partial charge is 0.293 e. The lowest BCUT2D eigenvalue weighted by Crippen LogP contribution is -2.27. The van der Waals surface area contributed by atoms with E-state index in [2.05, 4.69) is 6.07 Å². The number of halogens is 1. The second-order valence-electron chi connectivity index (χ2n) is 6.22. The standard InChI is InChI=1S/C22H13FN2O3S/c23-18-8-4-2-6-15(18)13-25-21(26)20(29-22(25)27)11-16-9-10-19(28-16)17-7-3-1-5-14(17)12-24/h1-11H,13H2/b20-11+. The van der Waals surface area contributed by atoms with Crippen molar-refractivity contribution in [2.75, 3.05) is 0 Å². The van der Waals surface area contributed by atoms with Crippen LogP contribution in [-0.2, 0) is 11.3 Å². The average Bonchev–Trinajstić information content (AvgIpc) is 3.30. The van der Waals surface area contributed by atoms with Gasteiger partial charge in [0.1, 0.15) is 17.3 Å². The molecule has 1 aliphatic rings. The van der Waals surface area contributed by atoms with E-state index in [-0.39, 0.29) is 17.0 Å². The molecule has 1 aliphatic heterocycles. The Morgan fingerprint density at radius 2 is 1.83 bits per heavy atom. The summed E-state index contributed by atoms with van der Waals surface area (Å²) >= 11 is 0.778. The van der Waals surface area contributed by atoms with Crippen molar-refractivity contribution in [3.8, 4) is 17.4 Å². The molecule has 2 heterocycles. The third-order valence-corrected chi connectivity index (χ3v) is 5.28. The average molecular weight is 404 g/mol. The predicted molar refractivity (Wildman–Crippen MR) is 107 cm³/mol. The quantitative estimate of drug-likeness (QED) is 0.559. The number of thioether (sulfide) groups is 1. The zero-order valence-corrected chi connectivity index (χ0v) is 15.8. The van der Waals surface area contributed by atoms with Crippen LogP contribution in [0.1, 0.15) is 16.9 Å². The van der Waals surface area contributed by atoms with Gasteiger partial charge in [-0.3, -0.25) is 14.5 Å². The minimum Gasteiger partial charge on any atom is -0.457 e. The summed E-state index contributed by atoms with van der Waals surface area (Å²) in [6.07, 6.45) is 1.48. The largest absolute Gasteiger partial charge is 0.457 e. The Morgan fingerprint density at radius 3 is 2.62 bits per heavy atom. The van der Waals surface area contributed by atoms with Crippen molar-refractivity contribution in [3.63, 3.8) is 0 Å². The van der Waals surface area contributed by atoms with Gasteiger partial charge in [0.2, 0.25) is 0 Å². The van der Waals surface area contributed by atoms with Crippen molar-refractivity contribution in [2.24, 2.45) is 0 Å². The Balaban J connectivity index is 1.58. The van der Waals surface area contributed by atoms with Crippen molar-refractivity contribution in [2.45, 2.75) is 6.54 Å². The summed E-state index contributed by atoms with van der Waals surface area (Å²) < 4.78 is 19.6. The highest BCUT2D eigenvalue weighted by Gasteiger charge is 2.35. The van der Waals surface area contributed by atoms with Crippen LogP contribution in [0.25, 0.3) is 17.4 Å². The van der Waals surface area contributed by atoms with Crippen LogP contribution in [0.15, 0.2) is 70.0 Å². The number of carbonyl (C=O) groups is 2. The van der Waals surface area contributed by atoms with Gasteiger partial charge in [-0.05, 0) is 42.1 Å². The molecule has 0 atom stereocenters. The van der Waals surface area contributed by atoms with Crippen LogP contribution in [0.3, 0.4) is 0 Å². The monoisotopic (exact) mass is 404 g/mol. The maximum absolute atomic E-state index is 13.9. The maximum atomic E-state index is 13.9. The summed E-state index contributed by atoms with van der Waals surface area (Å²) in [6.45, 7) is -0.131. The molecule has 1 fully saturated rings. The Bertz CT molecular complexity index is 1190. The molecule has 0 radical (unpaired) electrons. The Labute approximate surface area is 170 Å². The lowest BCUT2D eigenvalue weighted by Gasteiger charge is -2.12. The van der Waals surface area contributed by atoms with Crippen molar-refractivity contribution >= 4 is 29.0 Å². The number of hydrogen-bond acceptors (Lipinski definition) is 5. The number of nitrogens with zero attached hydrogens (tertiary/aromatic N) is 2. The highest BCUT2D eigenvalue weighted by Crippen LogP contribution is 2.34. The lowest BCUT2D eigenvalue weighted by molar-refractivity contribution is -0.123. The zero-order chi connectivity index (χ0) is 20.4. The van der Waals surface area contributed by atoms with E-state index in [1.807, 2.05) is 0 Å². The van der Waals surface area contributed by atoms with Crippen molar-refractivity contribution in [1.82, 2.24) is 4.90 Å². The van der Waals surface area contributed by atoms with Gasteiger partial charge in [0, 0.05) is 17.2 Å². The number of hydrogen-bond donors (Lipinski definition) is 0. The van der Waals surface area contributed by atoms with Gasteiger partial charge in [0.05, 0.1) is 23.1 Å². The number of rotatable bonds is 4. The molecular formula is C22H13FN2O3S. The number of carbonyl (C=O) groups excluding carboxylic acids is 2. The molecule has 0 saturated carbocycles. The first-order chi connectivity index (χ1) is 14.1. The molecule has 0 unspecified atom stereocenters. The molecule has 0 bridgehead atoms. The fourth-order valence-electron chi connectivity index (χ4n) is 2.93. The molecule has 2 amide bonds. The van der Waals surface area contributed by atoms with Crippen LogP contribution in [0.5, 0.6) is 0 Å². The highest BCUT2D eigenvalue weighted by atomic mass is 32.2. The SMILES string of the molecule is N#Cc1ccccc1-c1ccc(/C=C2/SC(=O)N(Cc3ccccc3F)C2=O)o1. The summed E-state index contributed by atoms with van der Waals surface area (Å²) in [4.78, 5) is 26.1. The third kappa shape index (κ3) is 3.71. The normalized spacial score (nSPS) is 15.2. The second kappa shape index (κ2) is 7.78. The molecule has 0 spiro atoms. The van der Waals surface area contributed by atoms with Crippen LogP contribution in [0.2, 0.25) is 0 Å². The molecule has 1 aromatic heterocycles. The van der Waals surface area contributed by atoms with E-state index in [1.54, 1.807) is 48.5 Å². The van der Waals surface area contributed by atoms with Crippen LogP contribution in [0, 0.1) is 17.1 Å². The molecule has 3 aromatic rings. The fourth-order valence-corrected chi connectivity index (χ4v) is 3.75. The molecule has 2 aromatic carbocycles. The highest BCUT2D eigenvalue weighted by molar-refractivity contribution is 8.18.